The number of hydrogen-bond donors (Lipinski definition) is 2. The average molecular weight is 310 g/mol. The van der Waals surface area contributed by atoms with E-state index in [1.165, 1.54) is 25.7 Å². The van der Waals surface area contributed by atoms with Crippen molar-refractivity contribution >= 4 is 23.3 Å². The van der Waals surface area contributed by atoms with E-state index in [0.717, 1.165) is 31.8 Å². The van der Waals surface area contributed by atoms with Gasteiger partial charge in [0, 0.05) is 18.7 Å². The van der Waals surface area contributed by atoms with Crippen LogP contribution in [0, 0.1) is 5.92 Å². The molecule has 1 aromatic heterocycles. The molecular formula is C16H24ClN3O. The van der Waals surface area contributed by atoms with Crippen LogP contribution in [0.5, 0.6) is 0 Å². The zero-order valence-corrected chi connectivity index (χ0v) is 13.4. The normalized spacial score (nSPS) is 15.1. The maximum atomic E-state index is 12.2. The molecule has 2 rings (SSSR count). The summed E-state index contributed by atoms with van der Waals surface area (Å²) in [4.78, 5) is 16.3. The molecule has 2 N–H and O–H groups in total. The molecule has 0 aliphatic heterocycles. The van der Waals surface area contributed by atoms with E-state index in [9.17, 15) is 4.79 Å². The van der Waals surface area contributed by atoms with E-state index in [2.05, 4.69) is 22.5 Å². The smallest absolute Gasteiger partial charge is 0.251 e. The lowest BCUT2D eigenvalue weighted by molar-refractivity contribution is 0.0951. The molecule has 116 valence electrons. The van der Waals surface area contributed by atoms with Gasteiger partial charge in [-0.1, -0.05) is 44.2 Å². The second-order valence-corrected chi connectivity index (χ2v) is 6.07. The van der Waals surface area contributed by atoms with Gasteiger partial charge in [0.05, 0.1) is 0 Å². The molecule has 0 bridgehead atoms. The Morgan fingerprint density at radius 3 is 2.81 bits per heavy atom. The summed E-state index contributed by atoms with van der Waals surface area (Å²) in [6, 6.07) is 3.37. The molecule has 1 aliphatic rings. The summed E-state index contributed by atoms with van der Waals surface area (Å²) in [5.74, 6) is 1.37. The van der Waals surface area contributed by atoms with Gasteiger partial charge in [-0.25, -0.2) is 4.98 Å². The summed E-state index contributed by atoms with van der Waals surface area (Å²) in [6.07, 6.45) is 7.36. The van der Waals surface area contributed by atoms with Gasteiger partial charge in [0.1, 0.15) is 11.0 Å². The summed E-state index contributed by atoms with van der Waals surface area (Å²) in [5.41, 5.74) is 0.569. The number of halogens is 1. The number of nitrogens with zero attached hydrogens (tertiary/aromatic N) is 1. The van der Waals surface area contributed by atoms with Crippen LogP contribution in [0.3, 0.4) is 0 Å². The molecule has 0 spiro atoms. The highest BCUT2D eigenvalue weighted by molar-refractivity contribution is 6.29. The molecule has 1 fully saturated rings. The average Bonchev–Trinajstić information content (AvgIpc) is 2.97. The lowest BCUT2D eigenvalue weighted by Crippen LogP contribution is -2.25. The topological polar surface area (TPSA) is 54.0 Å². The molecule has 1 heterocycles. The van der Waals surface area contributed by atoms with E-state index >= 15 is 0 Å². The minimum absolute atomic E-state index is 0.0724. The number of nitrogens with one attached hydrogen (secondary N) is 2. The minimum atomic E-state index is -0.0724. The quantitative estimate of drug-likeness (QED) is 0.752. The number of rotatable bonds is 7. The van der Waals surface area contributed by atoms with Gasteiger partial charge >= 0.3 is 0 Å². The molecule has 1 aromatic rings. The third-order valence-electron chi connectivity index (χ3n) is 3.93. The Labute approximate surface area is 131 Å². The van der Waals surface area contributed by atoms with Gasteiger partial charge in [0.2, 0.25) is 0 Å². The van der Waals surface area contributed by atoms with Crippen LogP contribution in [-0.2, 0) is 0 Å². The predicted molar refractivity (Wildman–Crippen MR) is 86.9 cm³/mol. The van der Waals surface area contributed by atoms with E-state index in [-0.39, 0.29) is 5.91 Å². The maximum Gasteiger partial charge on any atom is 0.251 e. The molecule has 0 unspecified atom stereocenters. The highest BCUT2D eigenvalue weighted by atomic mass is 35.5. The van der Waals surface area contributed by atoms with Crippen LogP contribution in [-0.4, -0.2) is 24.0 Å². The molecule has 0 radical (unpaired) electrons. The fraction of sp³-hybridized carbons (Fsp3) is 0.625. The van der Waals surface area contributed by atoms with Gasteiger partial charge < -0.3 is 10.6 Å². The van der Waals surface area contributed by atoms with Crippen molar-refractivity contribution in [3.8, 4) is 0 Å². The largest absolute Gasteiger partial charge is 0.370 e. The van der Waals surface area contributed by atoms with Crippen molar-refractivity contribution in [1.82, 2.24) is 10.3 Å². The number of amides is 1. The van der Waals surface area contributed by atoms with E-state index < -0.39 is 0 Å². The van der Waals surface area contributed by atoms with Crippen molar-refractivity contribution in [2.24, 2.45) is 5.92 Å². The highest BCUT2D eigenvalue weighted by Gasteiger charge is 2.15. The zero-order chi connectivity index (χ0) is 15.1. The molecule has 0 atom stereocenters. The number of hydrogen-bond acceptors (Lipinski definition) is 3. The van der Waals surface area contributed by atoms with Gasteiger partial charge in [-0.05, 0) is 30.9 Å². The van der Waals surface area contributed by atoms with Crippen molar-refractivity contribution in [2.45, 2.75) is 45.4 Å². The summed E-state index contributed by atoms with van der Waals surface area (Å²) in [6.45, 7) is 3.63. The van der Waals surface area contributed by atoms with Gasteiger partial charge in [-0.3, -0.25) is 4.79 Å². The predicted octanol–water partition coefficient (Wildman–Crippen LogP) is 3.87. The zero-order valence-electron chi connectivity index (χ0n) is 12.6. The van der Waals surface area contributed by atoms with Crippen molar-refractivity contribution < 1.29 is 4.79 Å². The summed E-state index contributed by atoms with van der Waals surface area (Å²) < 4.78 is 0. The van der Waals surface area contributed by atoms with Gasteiger partial charge in [0.25, 0.3) is 5.91 Å². The fourth-order valence-corrected chi connectivity index (χ4v) is 2.97. The van der Waals surface area contributed by atoms with Crippen LogP contribution in [0.25, 0.3) is 0 Å². The Bertz CT molecular complexity index is 473. The van der Waals surface area contributed by atoms with Crippen LogP contribution in [0.1, 0.15) is 55.8 Å². The molecule has 1 aliphatic carbocycles. The SMILES string of the molecule is CCCNc1cc(C(=O)NCCC2CCCC2)cc(Cl)n1. The fourth-order valence-electron chi connectivity index (χ4n) is 2.76. The Kier molecular flexibility index (Phi) is 6.30. The molecule has 5 heteroatoms. The molecule has 21 heavy (non-hydrogen) atoms. The van der Waals surface area contributed by atoms with E-state index in [1.807, 2.05) is 0 Å². The molecule has 0 saturated heterocycles. The van der Waals surface area contributed by atoms with Gasteiger partial charge in [0.15, 0.2) is 0 Å². The van der Waals surface area contributed by atoms with E-state index in [1.54, 1.807) is 12.1 Å². The first-order valence-electron chi connectivity index (χ1n) is 7.88. The Morgan fingerprint density at radius 1 is 1.33 bits per heavy atom. The second-order valence-electron chi connectivity index (χ2n) is 5.69. The minimum Gasteiger partial charge on any atom is -0.370 e. The number of carbonyl (C=O) groups excluding carboxylic acids is 1. The first kappa shape index (κ1) is 16.1. The second kappa shape index (κ2) is 8.23. The molecule has 0 aromatic carbocycles. The summed E-state index contributed by atoms with van der Waals surface area (Å²) in [7, 11) is 0. The number of pyridine rings is 1. The lowest BCUT2D eigenvalue weighted by Gasteiger charge is -2.11. The molecular weight excluding hydrogens is 286 g/mol. The van der Waals surface area contributed by atoms with Crippen LogP contribution in [0.4, 0.5) is 5.82 Å². The molecule has 4 nitrogen and oxygen atoms in total. The van der Waals surface area contributed by atoms with Crippen LogP contribution in [0.15, 0.2) is 12.1 Å². The van der Waals surface area contributed by atoms with Gasteiger partial charge in [-0.15, -0.1) is 0 Å². The lowest BCUT2D eigenvalue weighted by atomic mass is 10.0. The summed E-state index contributed by atoms with van der Waals surface area (Å²) >= 11 is 5.98. The van der Waals surface area contributed by atoms with Crippen LogP contribution >= 0.6 is 11.6 Å². The van der Waals surface area contributed by atoms with Crippen LogP contribution < -0.4 is 10.6 Å². The number of aromatic nitrogens is 1. The van der Waals surface area contributed by atoms with E-state index in [4.69, 9.17) is 11.6 Å². The van der Waals surface area contributed by atoms with Gasteiger partial charge in [-0.2, -0.15) is 0 Å². The van der Waals surface area contributed by atoms with Crippen molar-refractivity contribution in [3.05, 3.63) is 22.8 Å². The van der Waals surface area contributed by atoms with Crippen LogP contribution in [0.2, 0.25) is 5.15 Å². The van der Waals surface area contributed by atoms with E-state index in [0.29, 0.717) is 16.5 Å². The Balaban J connectivity index is 1.86. The highest BCUT2D eigenvalue weighted by Crippen LogP contribution is 2.26. The number of anilines is 1. The molecule has 1 saturated carbocycles. The monoisotopic (exact) mass is 309 g/mol. The molecule has 1 amide bonds. The Hall–Kier alpha value is -1.29. The maximum absolute atomic E-state index is 12.2. The third kappa shape index (κ3) is 5.20. The first-order valence-corrected chi connectivity index (χ1v) is 8.26. The Morgan fingerprint density at radius 2 is 2.10 bits per heavy atom. The summed E-state index contributed by atoms with van der Waals surface area (Å²) in [5, 5.41) is 6.48. The van der Waals surface area contributed by atoms with Crippen molar-refractivity contribution in [3.63, 3.8) is 0 Å². The first-order chi connectivity index (χ1) is 10.2. The standard InChI is InChI=1S/C16H24ClN3O/c1-2-8-18-15-11-13(10-14(17)20-15)16(21)19-9-7-12-5-3-4-6-12/h10-12H,2-9H2,1H3,(H,18,20)(H,19,21). The number of carbonyl (C=O) groups is 1. The van der Waals surface area contributed by atoms with Crippen molar-refractivity contribution in [2.75, 3.05) is 18.4 Å². The van der Waals surface area contributed by atoms with Crippen molar-refractivity contribution in [1.29, 1.82) is 0 Å². The third-order valence-corrected chi connectivity index (χ3v) is 4.12.